The summed E-state index contributed by atoms with van der Waals surface area (Å²) in [6.45, 7) is 12.3. The molecule has 1 aliphatic heterocycles. The van der Waals surface area contributed by atoms with Crippen molar-refractivity contribution in [1.82, 2.24) is 5.32 Å². The standard InChI is InChI=1S/C39H51NO14/c1-21(2)18-47-52-34-35(53-48-19-22(3)4)37(54-49-20-23(5)6)39(51-36(34)38(42)46-11)50-26-13-14-27-28(17-26)29(40-24(7)41)15-12-25-16-30(43-8)32(44-9)33(45-10)31(25)27/h13-14,16-20,29,34-37,39H,12,15H2,1-11H3,(H,40,41)/t29-,34-,35-,36-,37+,39-/m0/s1. The molecular weight excluding hydrogens is 706 g/mol. The number of fused-ring (bicyclic) bond motifs is 3. The second-order valence-electron chi connectivity index (χ2n) is 13.3. The Morgan fingerprint density at radius 3 is 1.87 bits per heavy atom. The van der Waals surface area contributed by atoms with Crippen LogP contribution in [0.3, 0.4) is 0 Å². The van der Waals surface area contributed by atoms with Gasteiger partial charge in [0.15, 0.2) is 35.9 Å². The highest BCUT2D eigenvalue weighted by molar-refractivity contribution is 5.84. The third-order valence-corrected chi connectivity index (χ3v) is 8.19. The molecule has 54 heavy (non-hydrogen) atoms. The Balaban J connectivity index is 1.85. The van der Waals surface area contributed by atoms with Crippen LogP contribution in [0.1, 0.15) is 72.1 Å². The van der Waals surface area contributed by atoms with Gasteiger partial charge in [-0.05, 0) is 106 Å². The fraction of sp³-hybridized carbons (Fsp3) is 0.487. The lowest BCUT2D eigenvalue weighted by atomic mass is 9.93. The monoisotopic (exact) mass is 757 g/mol. The molecule has 1 amide bonds. The largest absolute Gasteiger partial charge is 0.493 e. The van der Waals surface area contributed by atoms with E-state index in [0.717, 1.165) is 39.0 Å². The third-order valence-electron chi connectivity index (χ3n) is 8.19. The maximum atomic E-state index is 13.2. The number of hydrogen-bond acceptors (Lipinski definition) is 14. The van der Waals surface area contributed by atoms with Crippen LogP contribution in [0.15, 0.2) is 59.8 Å². The highest BCUT2D eigenvalue weighted by atomic mass is 17.2. The Labute approximate surface area is 315 Å². The number of amides is 1. The van der Waals surface area contributed by atoms with Crippen molar-refractivity contribution >= 4 is 11.9 Å². The molecule has 1 saturated heterocycles. The van der Waals surface area contributed by atoms with Crippen LogP contribution >= 0.6 is 0 Å². The first-order valence-electron chi connectivity index (χ1n) is 17.3. The Hall–Kier alpha value is -4.96. The van der Waals surface area contributed by atoms with Crippen molar-refractivity contribution in [3.63, 3.8) is 0 Å². The summed E-state index contributed by atoms with van der Waals surface area (Å²) in [5, 5.41) is 3.07. The minimum atomic E-state index is -1.46. The van der Waals surface area contributed by atoms with Gasteiger partial charge in [-0.2, -0.15) is 14.7 Å². The van der Waals surface area contributed by atoms with Crippen molar-refractivity contribution in [2.45, 2.75) is 98.1 Å². The van der Waals surface area contributed by atoms with Gasteiger partial charge in [0, 0.05) is 12.5 Å². The highest BCUT2D eigenvalue weighted by Gasteiger charge is 2.56. The summed E-state index contributed by atoms with van der Waals surface area (Å²) in [6, 6.07) is 6.82. The molecule has 2 aromatic rings. The second-order valence-corrected chi connectivity index (χ2v) is 13.3. The summed E-state index contributed by atoms with van der Waals surface area (Å²) in [6.07, 6.45) is -1.50. The van der Waals surface area contributed by atoms with Crippen LogP contribution in [0.25, 0.3) is 11.1 Å². The van der Waals surface area contributed by atoms with Gasteiger partial charge in [-0.25, -0.2) is 4.79 Å². The molecule has 0 unspecified atom stereocenters. The van der Waals surface area contributed by atoms with Gasteiger partial charge in [-0.3, -0.25) is 4.79 Å². The molecule has 15 heteroatoms. The predicted molar refractivity (Wildman–Crippen MR) is 194 cm³/mol. The first-order valence-corrected chi connectivity index (χ1v) is 17.3. The van der Waals surface area contributed by atoms with Crippen molar-refractivity contribution in [2.24, 2.45) is 0 Å². The molecule has 296 valence electrons. The number of ether oxygens (including phenoxy) is 6. The quantitative estimate of drug-likeness (QED) is 0.0856. The highest BCUT2D eigenvalue weighted by Crippen LogP contribution is 2.51. The van der Waals surface area contributed by atoms with Gasteiger partial charge in [-0.1, -0.05) is 6.07 Å². The molecule has 1 aliphatic carbocycles. The zero-order valence-corrected chi connectivity index (χ0v) is 32.6. The van der Waals surface area contributed by atoms with E-state index >= 15 is 0 Å². The number of aryl methyl sites for hydroxylation is 1. The maximum Gasteiger partial charge on any atom is 0.338 e. The van der Waals surface area contributed by atoms with Crippen LogP contribution in [0.4, 0.5) is 0 Å². The van der Waals surface area contributed by atoms with E-state index in [9.17, 15) is 9.59 Å². The Morgan fingerprint density at radius 2 is 1.33 bits per heavy atom. The fourth-order valence-corrected chi connectivity index (χ4v) is 5.91. The number of esters is 1. The second kappa shape index (κ2) is 19.4. The van der Waals surface area contributed by atoms with Crippen molar-refractivity contribution in [3.05, 3.63) is 70.9 Å². The van der Waals surface area contributed by atoms with E-state index in [1.54, 1.807) is 54.0 Å². The predicted octanol–water partition coefficient (Wildman–Crippen LogP) is 6.50. The van der Waals surface area contributed by atoms with Gasteiger partial charge in [-0.15, -0.1) is 0 Å². The molecule has 2 aromatic carbocycles. The van der Waals surface area contributed by atoms with Gasteiger partial charge in [0.25, 0.3) is 0 Å². The molecular formula is C39H51NO14. The molecule has 2 aliphatic rings. The van der Waals surface area contributed by atoms with Crippen molar-refractivity contribution < 1.29 is 67.3 Å². The van der Waals surface area contributed by atoms with Gasteiger partial charge in [0.1, 0.15) is 24.5 Å². The molecule has 1 fully saturated rings. The molecule has 15 nitrogen and oxygen atoms in total. The maximum absolute atomic E-state index is 13.2. The van der Waals surface area contributed by atoms with E-state index in [4.69, 9.17) is 57.7 Å². The summed E-state index contributed by atoms with van der Waals surface area (Å²) in [4.78, 5) is 59.3. The van der Waals surface area contributed by atoms with Crippen LogP contribution in [0.2, 0.25) is 0 Å². The fourth-order valence-electron chi connectivity index (χ4n) is 5.91. The summed E-state index contributed by atoms with van der Waals surface area (Å²) in [5.74, 6) is 0.682. The lowest BCUT2D eigenvalue weighted by Crippen LogP contribution is -2.63. The lowest BCUT2D eigenvalue weighted by Gasteiger charge is -2.41. The van der Waals surface area contributed by atoms with Crippen molar-refractivity contribution in [3.8, 4) is 34.1 Å². The zero-order valence-electron chi connectivity index (χ0n) is 32.6. The third kappa shape index (κ3) is 10.2. The van der Waals surface area contributed by atoms with E-state index in [1.807, 2.05) is 26.0 Å². The van der Waals surface area contributed by atoms with E-state index in [1.165, 1.54) is 39.9 Å². The molecule has 0 spiro atoms. The number of rotatable bonds is 16. The molecule has 1 N–H and O–H groups in total. The molecule has 0 bridgehead atoms. The van der Waals surface area contributed by atoms with E-state index < -0.39 is 42.7 Å². The van der Waals surface area contributed by atoms with Crippen LogP contribution in [-0.2, 0) is 54.8 Å². The SMILES string of the molecule is COC(=O)[C@H]1O[C@H](Oc2ccc3c(c2)[C@@H](NC(C)=O)CCc2cc(OC)c(OC)c(OC)c2-3)[C@H](OOC=C(C)C)[C@@H](OOC=C(C)C)[C@@H]1OOC=C(C)C. The zero-order chi connectivity index (χ0) is 39.5. The number of methoxy groups -OCH3 is 4. The van der Waals surface area contributed by atoms with Crippen molar-refractivity contribution in [2.75, 3.05) is 28.4 Å². The topological polar surface area (TPSA) is 157 Å². The average molecular weight is 758 g/mol. The van der Waals surface area contributed by atoms with E-state index in [-0.39, 0.29) is 5.91 Å². The summed E-state index contributed by atoms with van der Waals surface area (Å²) in [5.41, 5.74) is 5.55. The number of carbonyl (C=O) groups excluding carboxylic acids is 2. The Morgan fingerprint density at radius 1 is 0.741 bits per heavy atom. The molecule has 0 aromatic heterocycles. The summed E-state index contributed by atoms with van der Waals surface area (Å²) in [7, 11) is 5.86. The number of carbonyl (C=O) groups is 2. The lowest BCUT2D eigenvalue weighted by molar-refractivity contribution is -0.446. The normalized spacial score (nSPS) is 21.4. The van der Waals surface area contributed by atoms with Crippen LogP contribution in [-0.4, -0.2) is 71.0 Å². The summed E-state index contributed by atoms with van der Waals surface area (Å²) < 4.78 is 35.0. The van der Waals surface area contributed by atoms with Crippen LogP contribution < -0.4 is 24.3 Å². The average Bonchev–Trinajstić information content (AvgIpc) is 3.27. The molecule has 1 heterocycles. The van der Waals surface area contributed by atoms with E-state index in [2.05, 4.69) is 5.32 Å². The number of hydrogen-bond donors (Lipinski definition) is 1. The number of allylic oxidation sites excluding steroid dienone is 3. The Bertz CT molecular complexity index is 1710. The minimum absolute atomic E-state index is 0.218. The minimum Gasteiger partial charge on any atom is -0.493 e. The van der Waals surface area contributed by atoms with Crippen LogP contribution in [0.5, 0.6) is 23.0 Å². The summed E-state index contributed by atoms with van der Waals surface area (Å²) >= 11 is 0. The molecule has 4 rings (SSSR count). The Kier molecular flexibility index (Phi) is 15.0. The first-order chi connectivity index (χ1) is 25.8. The van der Waals surface area contributed by atoms with Crippen LogP contribution in [0, 0.1) is 0 Å². The molecule has 0 saturated carbocycles. The molecule has 6 atom stereocenters. The van der Waals surface area contributed by atoms with Gasteiger partial charge in [0.05, 0.1) is 34.5 Å². The van der Waals surface area contributed by atoms with Gasteiger partial charge in [0.2, 0.25) is 17.9 Å². The number of benzene rings is 2. The molecule has 0 radical (unpaired) electrons. The van der Waals surface area contributed by atoms with Gasteiger partial charge < -0.3 is 48.4 Å². The smallest absolute Gasteiger partial charge is 0.338 e. The number of nitrogens with one attached hydrogen (secondary N) is 1. The van der Waals surface area contributed by atoms with Gasteiger partial charge >= 0.3 is 5.97 Å². The van der Waals surface area contributed by atoms with E-state index in [0.29, 0.717) is 35.8 Å². The first kappa shape index (κ1) is 41.8. The van der Waals surface area contributed by atoms with Crippen molar-refractivity contribution in [1.29, 1.82) is 0 Å².